The van der Waals surface area contributed by atoms with Gasteiger partial charge in [-0.05, 0) is 24.1 Å². The third-order valence-corrected chi connectivity index (χ3v) is 3.75. The van der Waals surface area contributed by atoms with Crippen LogP contribution in [0, 0.1) is 12.8 Å². The molecule has 2 unspecified atom stereocenters. The topological polar surface area (TPSA) is 91.8 Å². The first-order valence-corrected chi connectivity index (χ1v) is 6.71. The molecular weight excluding hydrogens is 274 g/mol. The summed E-state index contributed by atoms with van der Waals surface area (Å²) < 4.78 is 5.17. The van der Waals surface area contributed by atoms with E-state index in [4.69, 9.17) is 9.84 Å². The fourth-order valence-electron chi connectivity index (χ4n) is 2.31. The molecule has 2 amide bonds. The van der Waals surface area contributed by atoms with Gasteiger partial charge in [-0.3, -0.25) is 9.78 Å². The van der Waals surface area contributed by atoms with Gasteiger partial charge in [-0.2, -0.15) is 0 Å². The van der Waals surface area contributed by atoms with Crippen LogP contribution in [0.4, 0.5) is 4.79 Å². The number of carboxylic acid groups (broad SMARTS) is 1. The lowest BCUT2D eigenvalue weighted by Gasteiger charge is -2.26. The summed E-state index contributed by atoms with van der Waals surface area (Å²) >= 11 is 0. The van der Waals surface area contributed by atoms with E-state index in [1.807, 2.05) is 13.0 Å². The first-order chi connectivity index (χ1) is 10.0. The monoisotopic (exact) mass is 293 g/mol. The van der Waals surface area contributed by atoms with Gasteiger partial charge in [0.2, 0.25) is 0 Å². The minimum Gasteiger partial charge on any atom is -0.481 e. The number of pyridine rings is 1. The van der Waals surface area contributed by atoms with Crippen molar-refractivity contribution in [2.24, 2.45) is 5.92 Å². The molecule has 1 saturated heterocycles. The highest BCUT2D eigenvalue weighted by Crippen LogP contribution is 2.19. The number of ether oxygens (including phenoxy) is 1. The van der Waals surface area contributed by atoms with Gasteiger partial charge in [0.25, 0.3) is 0 Å². The van der Waals surface area contributed by atoms with Gasteiger partial charge in [0.05, 0.1) is 19.3 Å². The summed E-state index contributed by atoms with van der Waals surface area (Å²) in [4.78, 5) is 28.7. The number of nitrogens with zero attached hydrogens (tertiary/aromatic N) is 2. The molecule has 2 N–H and O–H groups in total. The molecule has 0 aromatic carbocycles. The van der Waals surface area contributed by atoms with Crippen LogP contribution in [0.2, 0.25) is 0 Å². The van der Waals surface area contributed by atoms with Crippen LogP contribution in [0.5, 0.6) is 0 Å². The molecule has 7 nitrogen and oxygen atoms in total. The number of aryl methyl sites for hydroxylation is 1. The lowest BCUT2D eigenvalue weighted by atomic mass is 10.0. The van der Waals surface area contributed by atoms with Gasteiger partial charge < -0.3 is 20.1 Å². The molecule has 114 valence electrons. The van der Waals surface area contributed by atoms with E-state index >= 15 is 0 Å². The lowest BCUT2D eigenvalue weighted by molar-refractivity contribution is -0.142. The van der Waals surface area contributed by atoms with Gasteiger partial charge in [0, 0.05) is 26.0 Å². The number of carbonyl (C=O) groups excluding carboxylic acids is 1. The second-order valence-corrected chi connectivity index (χ2v) is 5.12. The standard InChI is InChI=1S/C14H19N3O4/c1-9-5-15-4-3-10(9)6-16-14(20)17(2)12-8-21-7-11(12)13(18)19/h3-5,11-12H,6-8H2,1-2H3,(H,16,20)(H,18,19). The SMILES string of the molecule is Cc1cnccc1CNC(=O)N(C)C1COCC1C(=O)O. The summed E-state index contributed by atoms with van der Waals surface area (Å²) in [5.41, 5.74) is 1.97. The Morgan fingerprint density at radius 2 is 2.29 bits per heavy atom. The maximum Gasteiger partial charge on any atom is 0.317 e. The lowest BCUT2D eigenvalue weighted by Crippen LogP contribution is -2.48. The van der Waals surface area contributed by atoms with Gasteiger partial charge >= 0.3 is 12.0 Å². The Balaban J connectivity index is 1.94. The number of hydrogen-bond acceptors (Lipinski definition) is 4. The third-order valence-electron chi connectivity index (χ3n) is 3.75. The van der Waals surface area contributed by atoms with Crippen LogP contribution in [0.1, 0.15) is 11.1 Å². The number of carbonyl (C=O) groups is 2. The number of urea groups is 1. The molecule has 0 saturated carbocycles. The van der Waals surface area contributed by atoms with E-state index in [0.717, 1.165) is 11.1 Å². The molecule has 2 atom stereocenters. The van der Waals surface area contributed by atoms with Crippen molar-refractivity contribution in [1.29, 1.82) is 0 Å². The molecule has 1 aliphatic rings. The zero-order valence-corrected chi connectivity index (χ0v) is 12.1. The Morgan fingerprint density at radius 1 is 1.52 bits per heavy atom. The maximum atomic E-state index is 12.1. The van der Waals surface area contributed by atoms with E-state index in [0.29, 0.717) is 6.54 Å². The van der Waals surface area contributed by atoms with Crippen LogP contribution in [0.15, 0.2) is 18.5 Å². The third kappa shape index (κ3) is 3.49. The second kappa shape index (κ2) is 6.53. The number of hydrogen-bond donors (Lipinski definition) is 2. The smallest absolute Gasteiger partial charge is 0.317 e. The fourth-order valence-corrected chi connectivity index (χ4v) is 2.31. The van der Waals surface area contributed by atoms with Crippen molar-refractivity contribution in [3.63, 3.8) is 0 Å². The van der Waals surface area contributed by atoms with Crippen molar-refractivity contribution in [3.8, 4) is 0 Å². The van der Waals surface area contributed by atoms with Crippen molar-refractivity contribution in [2.45, 2.75) is 19.5 Å². The van der Waals surface area contributed by atoms with Crippen LogP contribution in [0.3, 0.4) is 0 Å². The average molecular weight is 293 g/mol. The van der Waals surface area contributed by atoms with Crippen LogP contribution in [-0.4, -0.2) is 53.3 Å². The Hall–Kier alpha value is -2.15. The number of aliphatic carboxylic acids is 1. The van der Waals surface area contributed by atoms with Gasteiger partial charge in [0.1, 0.15) is 5.92 Å². The van der Waals surface area contributed by atoms with Gasteiger partial charge in [-0.15, -0.1) is 0 Å². The molecule has 0 spiro atoms. The van der Waals surface area contributed by atoms with E-state index in [1.165, 1.54) is 4.90 Å². The molecule has 2 heterocycles. The molecule has 0 radical (unpaired) electrons. The van der Waals surface area contributed by atoms with Crippen molar-refractivity contribution in [2.75, 3.05) is 20.3 Å². The van der Waals surface area contributed by atoms with Crippen molar-refractivity contribution in [3.05, 3.63) is 29.6 Å². The predicted molar refractivity (Wildman–Crippen MR) is 74.7 cm³/mol. The molecule has 2 rings (SSSR count). The molecule has 21 heavy (non-hydrogen) atoms. The van der Waals surface area contributed by atoms with Crippen LogP contribution < -0.4 is 5.32 Å². The molecule has 1 aromatic rings. The highest BCUT2D eigenvalue weighted by Gasteiger charge is 2.38. The van der Waals surface area contributed by atoms with Gasteiger partial charge in [-0.25, -0.2) is 4.79 Å². The highest BCUT2D eigenvalue weighted by molar-refractivity contribution is 5.77. The average Bonchev–Trinajstić information content (AvgIpc) is 2.95. The normalized spacial score (nSPS) is 21.0. The number of amides is 2. The maximum absolute atomic E-state index is 12.1. The highest BCUT2D eigenvalue weighted by atomic mass is 16.5. The fraction of sp³-hybridized carbons (Fsp3) is 0.500. The van der Waals surface area contributed by atoms with Gasteiger partial charge in [0.15, 0.2) is 0 Å². The van der Waals surface area contributed by atoms with E-state index < -0.39 is 17.9 Å². The summed E-state index contributed by atoms with van der Waals surface area (Å²) in [6, 6.07) is 1.09. The quantitative estimate of drug-likeness (QED) is 0.849. The Labute approximate surface area is 122 Å². The largest absolute Gasteiger partial charge is 0.481 e. The number of likely N-dealkylation sites (N-methyl/N-ethyl adjacent to an activating group) is 1. The first kappa shape index (κ1) is 15.2. The molecule has 0 bridgehead atoms. The van der Waals surface area contributed by atoms with Crippen LogP contribution >= 0.6 is 0 Å². The molecular formula is C14H19N3O4. The second-order valence-electron chi connectivity index (χ2n) is 5.12. The number of aromatic nitrogens is 1. The Bertz CT molecular complexity index is 535. The van der Waals surface area contributed by atoms with Gasteiger partial charge in [-0.1, -0.05) is 0 Å². The van der Waals surface area contributed by atoms with E-state index in [-0.39, 0.29) is 19.2 Å². The van der Waals surface area contributed by atoms with Crippen LogP contribution in [-0.2, 0) is 16.1 Å². The van der Waals surface area contributed by atoms with Crippen molar-refractivity contribution in [1.82, 2.24) is 15.2 Å². The zero-order chi connectivity index (χ0) is 15.4. The summed E-state index contributed by atoms with van der Waals surface area (Å²) in [5.74, 6) is -1.62. The number of rotatable bonds is 4. The van der Waals surface area contributed by atoms with E-state index in [1.54, 1.807) is 19.4 Å². The summed E-state index contributed by atoms with van der Waals surface area (Å²) in [6.45, 7) is 2.68. The molecule has 1 aliphatic heterocycles. The van der Waals surface area contributed by atoms with Crippen molar-refractivity contribution >= 4 is 12.0 Å². The molecule has 0 aliphatic carbocycles. The van der Waals surface area contributed by atoms with Crippen LogP contribution in [0.25, 0.3) is 0 Å². The molecule has 7 heteroatoms. The summed E-state index contributed by atoms with van der Waals surface area (Å²) in [7, 11) is 1.59. The number of nitrogens with one attached hydrogen (secondary N) is 1. The van der Waals surface area contributed by atoms with E-state index in [9.17, 15) is 9.59 Å². The summed E-state index contributed by atoms with van der Waals surface area (Å²) in [6.07, 6.45) is 3.40. The number of carboxylic acids is 1. The minimum absolute atomic E-state index is 0.140. The Kier molecular flexibility index (Phi) is 4.74. The van der Waals surface area contributed by atoms with Crippen molar-refractivity contribution < 1.29 is 19.4 Å². The molecule has 1 aromatic heterocycles. The predicted octanol–water partition coefficient (Wildman–Crippen LogP) is 0.631. The van der Waals surface area contributed by atoms with E-state index in [2.05, 4.69) is 10.3 Å². The zero-order valence-electron chi connectivity index (χ0n) is 12.1. The minimum atomic E-state index is -0.942. The molecule has 1 fully saturated rings. The first-order valence-electron chi connectivity index (χ1n) is 6.71. The summed E-state index contributed by atoms with van der Waals surface area (Å²) in [5, 5.41) is 11.9. The Morgan fingerprint density at radius 3 is 2.95 bits per heavy atom.